The smallest absolute Gasteiger partial charge is 0.159 e. The van der Waals surface area contributed by atoms with E-state index >= 15 is 0 Å². The molecule has 0 fully saturated rings. The van der Waals surface area contributed by atoms with Crippen LogP contribution in [0.4, 0.5) is 8.78 Å². The Morgan fingerprint density at radius 3 is 1.97 bits per heavy atom. The van der Waals surface area contributed by atoms with Gasteiger partial charge in [-0.3, -0.25) is 0 Å². The van der Waals surface area contributed by atoms with Gasteiger partial charge in [0.15, 0.2) is 11.6 Å². The number of rotatable bonds is 18. The van der Waals surface area contributed by atoms with E-state index in [1.807, 2.05) is 6.92 Å². The van der Waals surface area contributed by atoms with Gasteiger partial charge in [0, 0.05) is 5.56 Å². The van der Waals surface area contributed by atoms with E-state index in [1.54, 1.807) is 12.4 Å². The number of benzene rings is 1. The molecule has 2 atom stereocenters. The molecule has 0 saturated heterocycles. The molecule has 3 nitrogen and oxygen atoms in total. The predicted octanol–water partition coefficient (Wildman–Crippen LogP) is 8.46. The van der Waals surface area contributed by atoms with Gasteiger partial charge in [-0.15, -0.1) is 0 Å². The Hall–Kier alpha value is -2.04. The molecule has 0 aliphatic heterocycles. The van der Waals surface area contributed by atoms with Crippen LogP contribution in [0.3, 0.4) is 0 Å². The van der Waals surface area contributed by atoms with Crippen LogP contribution in [0.25, 0.3) is 11.4 Å². The Morgan fingerprint density at radius 2 is 1.33 bits per heavy atom. The molecule has 0 spiro atoms. The van der Waals surface area contributed by atoms with Crippen LogP contribution in [0.5, 0.6) is 5.75 Å². The summed E-state index contributed by atoms with van der Waals surface area (Å²) in [5.74, 6) is 1.05. The largest absolute Gasteiger partial charge is 0.487 e. The fourth-order valence-corrected chi connectivity index (χ4v) is 3.91. The molecule has 2 unspecified atom stereocenters. The number of unbranched alkanes of at least 4 members (excludes halogenated alkanes) is 7. The maximum atomic E-state index is 13.9. The van der Waals surface area contributed by atoms with Gasteiger partial charge in [0.25, 0.3) is 0 Å². The molecule has 0 radical (unpaired) electrons. The number of alkyl halides is 2. The zero-order valence-corrected chi connectivity index (χ0v) is 20.6. The Morgan fingerprint density at radius 1 is 0.727 bits per heavy atom. The number of nitrogens with zero attached hydrogens (tertiary/aromatic N) is 2. The fraction of sp³-hybridized carbons (Fsp3) is 0.643. The van der Waals surface area contributed by atoms with Crippen LogP contribution in [0.15, 0.2) is 36.7 Å². The summed E-state index contributed by atoms with van der Waals surface area (Å²) in [5, 5.41) is 0. The molecular weight excluding hydrogens is 418 g/mol. The molecule has 0 aliphatic rings. The third-order valence-corrected chi connectivity index (χ3v) is 5.99. The highest BCUT2D eigenvalue weighted by Gasteiger charge is 2.13. The van der Waals surface area contributed by atoms with E-state index in [-0.39, 0.29) is 19.4 Å². The zero-order chi connectivity index (χ0) is 23.7. The van der Waals surface area contributed by atoms with Gasteiger partial charge in [-0.25, -0.2) is 18.7 Å². The van der Waals surface area contributed by atoms with E-state index in [9.17, 15) is 8.78 Å². The van der Waals surface area contributed by atoms with Gasteiger partial charge < -0.3 is 4.74 Å². The molecule has 2 aromatic rings. The lowest BCUT2D eigenvalue weighted by atomic mass is 10.0. The van der Waals surface area contributed by atoms with Crippen molar-refractivity contribution in [1.82, 2.24) is 9.97 Å². The van der Waals surface area contributed by atoms with E-state index in [0.29, 0.717) is 18.0 Å². The maximum Gasteiger partial charge on any atom is 0.159 e. The molecule has 0 saturated carbocycles. The molecule has 1 aromatic heterocycles. The van der Waals surface area contributed by atoms with E-state index < -0.39 is 12.3 Å². The minimum absolute atomic E-state index is 0.102. The Labute approximate surface area is 199 Å². The molecule has 33 heavy (non-hydrogen) atoms. The summed E-state index contributed by atoms with van der Waals surface area (Å²) in [5.41, 5.74) is 2.29. The molecule has 0 N–H and O–H groups in total. The highest BCUT2D eigenvalue weighted by molar-refractivity contribution is 5.55. The first kappa shape index (κ1) is 27.2. The third kappa shape index (κ3) is 11.6. The van der Waals surface area contributed by atoms with Crippen LogP contribution in [0, 0.1) is 0 Å². The van der Waals surface area contributed by atoms with E-state index in [1.165, 1.54) is 56.9 Å². The summed E-state index contributed by atoms with van der Waals surface area (Å²) < 4.78 is 32.8. The fourth-order valence-electron chi connectivity index (χ4n) is 3.91. The highest BCUT2D eigenvalue weighted by atomic mass is 19.1. The molecule has 2 rings (SSSR count). The number of ether oxygens (including phenoxy) is 1. The van der Waals surface area contributed by atoms with Gasteiger partial charge >= 0.3 is 0 Å². The summed E-state index contributed by atoms with van der Waals surface area (Å²) in [6.07, 6.45) is 14.5. The average molecular weight is 461 g/mol. The standard InChI is InChI=1S/C28H42F2N2O/c1-3-5-6-7-8-9-10-11-13-23-14-16-24(17-15-23)28-31-20-27(21-32-28)33-22-26(30)19-18-25(29)12-4-2/h14-17,20-21,25-26H,3-13,18-19,22H2,1-2H3. The molecule has 0 amide bonds. The molecule has 1 heterocycles. The number of aromatic nitrogens is 2. The lowest BCUT2D eigenvalue weighted by molar-refractivity contribution is 0.168. The summed E-state index contributed by atoms with van der Waals surface area (Å²) in [4.78, 5) is 8.71. The van der Waals surface area contributed by atoms with Crippen LogP contribution >= 0.6 is 0 Å². The monoisotopic (exact) mass is 460 g/mol. The Bertz CT molecular complexity index is 737. The summed E-state index contributed by atoms with van der Waals surface area (Å²) >= 11 is 0. The van der Waals surface area contributed by atoms with Gasteiger partial charge in [0.1, 0.15) is 19.0 Å². The van der Waals surface area contributed by atoms with Gasteiger partial charge in [-0.05, 0) is 37.7 Å². The van der Waals surface area contributed by atoms with Crippen molar-refractivity contribution < 1.29 is 13.5 Å². The second-order valence-corrected chi connectivity index (χ2v) is 9.04. The molecular formula is C28H42F2N2O. The van der Waals surface area contributed by atoms with Crippen molar-refractivity contribution >= 4 is 0 Å². The maximum absolute atomic E-state index is 13.9. The normalized spacial score (nSPS) is 13.1. The third-order valence-electron chi connectivity index (χ3n) is 5.99. The van der Waals surface area contributed by atoms with E-state index in [0.717, 1.165) is 18.4 Å². The SMILES string of the molecule is CCCCCCCCCCc1ccc(-c2ncc(OCC(F)CCC(F)CCC)cn2)cc1. The minimum atomic E-state index is -1.19. The first-order valence-electron chi connectivity index (χ1n) is 12.9. The van der Waals surface area contributed by atoms with Gasteiger partial charge in [0.2, 0.25) is 0 Å². The van der Waals surface area contributed by atoms with Crippen molar-refractivity contribution in [2.75, 3.05) is 6.61 Å². The molecule has 5 heteroatoms. The van der Waals surface area contributed by atoms with Crippen LogP contribution in [-0.2, 0) is 6.42 Å². The van der Waals surface area contributed by atoms with Crippen LogP contribution in [0.1, 0.15) is 96.5 Å². The molecule has 1 aromatic carbocycles. The van der Waals surface area contributed by atoms with Crippen LogP contribution in [0.2, 0.25) is 0 Å². The van der Waals surface area contributed by atoms with Crippen molar-refractivity contribution in [3.05, 3.63) is 42.2 Å². The Kier molecular flexibility index (Phi) is 13.6. The number of halogens is 2. The summed E-state index contributed by atoms with van der Waals surface area (Å²) in [7, 11) is 0. The summed E-state index contributed by atoms with van der Waals surface area (Å²) in [6, 6.07) is 8.40. The quantitative estimate of drug-likeness (QED) is 0.209. The average Bonchev–Trinajstić information content (AvgIpc) is 2.84. The molecule has 0 aliphatic carbocycles. The van der Waals surface area contributed by atoms with Crippen molar-refractivity contribution in [2.24, 2.45) is 0 Å². The lowest BCUT2D eigenvalue weighted by Crippen LogP contribution is -2.15. The topological polar surface area (TPSA) is 35.0 Å². The van der Waals surface area contributed by atoms with Crippen molar-refractivity contribution in [3.8, 4) is 17.1 Å². The first-order chi connectivity index (χ1) is 16.1. The van der Waals surface area contributed by atoms with Crippen molar-refractivity contribution in [3.63, 3.8) is 0 Å². The predicted molar refractivity (Wildman–Crippen MR) is 133 cm³/mol. The van der Waals surface area contributed by atoms with E-state index in [2.05, 4.69) is 41.2 Å². The number of hydrogen-bond donors (Lipinski definition) is 0. The number of hydrogen-bond acceptors (Lipinski definition) is 3. The van der Waals surface area contributed by atoms with Crippen molar-refractivity contribution in [2.45, 2.75) is 110 Å². The molecule has 0 bridgehead atoms. The lowest BCUT2D eigenvalue weighted by Gasteiger charge is -2.12. The zero-order valence-electron chi connectivity index (χ0n) is 20.6. The second kappa shape index (κ2) is 16.6. The minimum Gasteiger partial charge on any atom is -0.487 e. The Balaban J connectivity index is 1.68. The van der Waals surface area contributed by atoms with Crippen LogP contribution in [-0.4, -0.2) is 28.9 Å². The first-order valence-corrected chi connectivity index (χ1v) is 12.9. The van der Waals surface area contributed by atoms with Crippen molar-refractivity contribution in [1.29, 1.82) is 0 Å². The summed E-state index contributed by atoms with van der Waals surface area (Å²) in [6.45, 7) is 4.08. The van der Waals surface area contributed by atoms with Gasteiger partial charge in [-0.2, -0.15) is 0 Å². The van der Waals surface area contributed by atoms with E-state index in [4.69, 9.17) is 4.74 Å². The second-order valence-electron chi connectivity index (χ2n) is 9.04. The number of aryl methyl sites for hydroxylation is 1. The van der Waals surface area contributed by atoms with Crippen LogP contribution < -0.4 is 4.74 Å². The van der Waals surface area contributed by atoms with Gasteiger partial charge in [0.05, 0.1) is 12.4 Å². The highest BCUT2D eigenvalue weighted by Crippen LogP contribution is 2.19. The van der Waals surface area contributed by atoms with Gasteiger partial charge in [-0.1, -0.05) is 89.5 Å². The molecule has 184 valence electrons.